The second kappa shape index (κ2) is 6.59. The summed E-state index contributed by atoms with van der Waals surface area (Å²) in [5.41, 5.74) is 7.30. The van der Waals surface area contributed by atoms with Crippen LogP contribution in [0.4, 0.5) is 0 Å². The van der Waals surface area contributed by atoms with Crippen LogP contribution in [0.3, 0.4) is 0 Å². The van der Waals surface area contributed by atoms with Gasteiger partial charge in [0.05, 0.1) is 19.4 Å². The van der Waals surface area contributed by atoms with Crippen molar-refractivity contribution in [3.8, 4) is 5.75 Å². The first-order valence-corrected chi connectivity index (χ1v) is 6.74. The predicted octanol–water partition coefficient (Wildman–Crippen LogP) is 2.81. The number of nitrogens with zero attached hydrogens (tertiary/aromatic N) is 1. The molecule has 2 rings (SSSR count). The lowest BCUT2D eigenvalue weighted by Gasteiger charge is -2.29. The van der Waals surface area contributed by atoms with E-state index in [4.69, 9.17) is 14.9 Å². The molecule has 4 nitrogen and oxygen atoms in total. The zero-order chi connectivity index (χ0) is 14.5. The molecular weight excluding hydrogens is 252 g/mol. The lowest BCUT2D eigenvalue weighted by atomic mass is 10.1. The fourth-order valence-electron chi connectivity index (χ4n) is 2.49. The smallest absolute Gasteiger partial charge is 0.122 e. The molecule has 1 aromatic heterocycles. The van der Waals surface area contributed by atoms with E-state index in [9.17, 15) is 0 Å². The van der Waals surface area contributed by atoms with Gasteiger partial charge in [-0.05, 0) is 43.8 Å². The van der Waals surface area contributed by atoms with E-state index in [1.54, 1.807) is 13.4 Å². The second-order valence-electron chi connectivity index (χ2n) is 5.09. The molecule has 4 heteroatoms. The van der Waals surface area contributed by atoms with Crippen LogP contribution in [-0.4, -0.2) is 25.1 Å². The Balaban J connectivity index is 2.14. The molecule has 2 atom stereocenters. The van der Waals surface area contributed by atoms with Gasteiger partial charge in [0, 0.05) is 12.6 Å². The van der Waals surface area contributed by atoms with Gasteiger partial charge in [-0.2, -0.15) is 0 Å². The first-order chi connectivity index (χ1) is 9.61. The van der Waals surface area contributed by atoms with Crippen LogP contribution in [0.1, 0.15) is 24.3 Å². The van der Waals surface area contributed by atoms with E-state index in [-0.39, 0.29) is 12.1 Å². The number of hydrogen-bond donors (Lipinski definition) is 1. The third-order valence-electron chi connectivity index (χ3n) is 3.37. The number of furan rings is 1. The van der Waals surface area contributed by atoms with Crippen LogP contribution in [0.15, 0.2) is 47.1 Å². The number of hydrogen-bond acceptors (Lipinski definition) is 4. The third-order valence-corrected chi connectivity index (χ3v) is 3.37. The fraction of sp³-hybridized carbons (Fsp3) is 0.375. The highest BCUT2D eigenvalue weighted by atomic mass is 16.5. The minimum atomic E-state index is -0.0169. The summed E-state index contributed by atoms with van der Waals surface area (Å²) in [5.74, 6) is 1.76. The van der Waals surface area contributed by atoms with Gasteiger partial charge >= 0.3 is 0 Å². The summed E-state index contributed by atoms with van der Waals surface area (Å²) in [6.07, 6.45) is 1.68. The molecule has 0 saturated heterocycles. The zero-order valence-corrected chi connectivity index (χ0v) is 12.2. The van der Waals surface area contributed by atoms with E-state index < -0.39 is 0 Å². The van der Waals surface area contributed by atoms with Crippen LogP contribution in [0, 0.1) is 0 Å². The van der Waals surface area contributed by atoms with Gasteiger partial charge < -0.3 is 14.9 Å². The van der Waals surface area contributed by atoms with Crippen molar-refractivity contribution in [2.45, 2.75) is 25.6 Å². The molecule has 0 fully saturated rings. The van der Waals surface area contributed by atoms with Crippen LogP contribution in [-0.2, 0) is 6.54 Å². The second-order valence-corrected chi connectivity index (χ2v) is 5.09. The molecule has 0 aliphatic rings. The standard InChI is InChI=1S/C16H22N2O2/c1-12(17)16(15-8-5-9-20-15)18(2)11-13-6-4-7-14(10-13)19-3/h4-10,12,16H,11,17H2,1-3H3. The first kappa shape index (κ1) is 14.6. The summed E-state index contributed by atoms with van der Waals surface area (Å²) >= 11 is 0. The molecule has 0 amide bonds. The van der Waals surface area contributed by atoms with E-state index in [0.29, 0.717) is 0 Å². The van der Waals surface area contributed by atoms with Gasteiger partial charge in [-0.15, -0.1) is 0 Å². The Morgan fingerprint density at radius 1 is 1.30 bits per heavy atom. The van der Waals surface area contributed by atoms with Crippen LogP contribution in [0.25, 0.3) is 0 Å². The van der Waals surface area contributed by atoms with Gasteiger partial charge in [-0.1, -0.05) is 12.1 Å². The molecule has 2 unspecified atom stereocenters. The first-order valence-electron chi connectivity index (χ1n) is 6.74. The Kier molecular flexibility index (Phi) is 4.82. The lowest BCUT2D eigenvalue weighted by Crippen LogP contribution is -2.36. The molecule has 1 heterocycles. The van der Waals surface area contributed by atoms with E-state index in [1.165, 1.54) is 5.56 Å². The summed E-state index contributed by atoms with van der Waals surface area (Å²) in [6, 6.07) is 12.0. The topological polar surface area (TPSA) is 51.6 Å². The number of ether oxygens (including phenoxy) is 1. The van der Waals surface area contributed by atoms with Crippen LogP contribution in [0.5, 0.6) is 5.75 Å². The van der Waals surface area contributed by atoms with E-state index in [1.807, 2.05) is 37.3 Å². The SMILES string of the molecule is COc1cccc(CN(C)C(c2ccco2)C(C)N)c1. The Morgan fingerprint density at radius 3 is 2.70 bits per heavy atom. The van der Waals surface area contributed by atoms with E-state index in [0.717, 1.165) is 18.1 Å². The van der Waals surface area contributed by atoms with Crippen molar-refractivity contribution in [1.82, 2.24) is 4.90 Å². The van der Waals surface area contributed by atoms with Crippen molar-refractivity contribution >= 4 is 0 Å². The van der Waals surface area contributed by atoms with Gasteiger partial charge in [0.15, 0.2) is 0 Å². The summed E-state index contributed by atoms with van der Waals surface area (Å²) in [4.78, 5) is 2.19. The summed E-state index contributed by atoms with van der Waals surface area (Å²) in [5, 5.41) is 0. The Labute approximate surface area is 120 Å². The maximum atomic E-state index is 6.11. The molecule has 0 spiro atoms. The third kappa shape index (κ3) is 3.40. The number of likely N-dealkylation sites (N-methyl/N-ethyl adjacent to an activating group) is 1. The Hall–Kier alpha value is -1.78. The molecule has 2 aromatic rings. The average molecular weight is 274 g/mol. The van der Waals surface area contributed by atoms with Gasteiger partial charge in [0.2, 0.25) is 0 Å². The van der Waals surface area contributed by atoms with E-state index >= 15 is 0 Å². The summed E-state index contributed by atoms with van der Waals surface area (Å²) in [6.45, 7) is 2.78. The van der Waals surface area contributed by atoms with Crippen LogP contribution in [0.2, 0.25) is 0 Å². The number of methoxy groups -OCH3 is 1. The predicted molar refractivity (Wildman–Crippen MR) is 79.6 cm³/mol. The molecule has 2 N–H and O–H groups in total. The highest BCUT2D eigenvalue weighted by molar-refractivity contribution is 5.28. The van der Waals surface area contributed by atoms with Crippen molar-refractivity contribution in [3.63, 3.8) is 0 Å². The summed E-state index contributed by atoms with van der Waals surface area (Å²) in [7, 11) is 3.73. The number of rotatable bonds is 6. The van der Waals surface area contributed by atoms with Crippen molar-refractivity contribution in [2.24, 2.45) is 5.73 Å². The van der Waals surface area contributed by atoms with Gasteiger partial charge in [-0.3, -0.25) is 4.90 Å². The monoisotopic (exact) mass is 274 g/mol. The Bertz CT molecular complexity index is 523. The highest BCUT2D eigenvalue weighted by Crippen LogP contribution is 2.25. The van der Waals surface area contributed by atoms with Crippen LogP contribution < -0.4 is 10.5 Å². The molecule has 0 aliphatic carbocycles. The minimum Gasteiger partial charge on any atom is -0.497 e. The average Bonchev–Trinajstić information content (AvgIpc) is 2.92. The Morgan fingerprint density at radius 2 is 2.10 bits per heavy atom. The zero-order valence-electron chi connectivity index (χ0n) is 12.2. The maximum absolute atomic E-state index is 6.11. The number of nitrogens with two attached hydrogens (primary N) is 1. The van der Waals surface area contributed by atoms with Crippen molar-refractivity contribution in [2.75, 3.05) is 14.2 Å². The largest absolute Gasteiger partial charge is 0.497 e. The molecule has 20 heavy (non-hydrogen) atoms. The number of benzene rings is 1. The normalized spacial score (nSPS) is 14.2. The quantitative estimate of drug-likeness (QED) is 0.880. The highest BCUT2D eigenvalue weighted by Gasteiger charge is 2.23. The summed E-state index contributed by atoms with van der Waals surface area (Å²) < 4.78 is 10.8. The van der Waals surface area contributed by atoms with Crippen LogP contribution >= 0.6 is 0 Å². The van der Waals surface area contributed by atoms with E-state index in [2.05, 4.69) is 18.0 Å². The molecule has 0 aliphatic heterocycles. The lowest BCUT2D eigenvalue weighted by molar-refractivity contribution is 0.184. The van der Waals surface area contributed by atoms with Crippen molar-refractivity contribution in [1.29, 1.82) is 0 Å². The van der Waals surface area contributed by atoms with Crippen molar-refractivity contribution in [3.05, 3.63) is 54.0 Å². The molecule has 0 bridgehead atoms. The molecule has 1 aromatic carbocycles. The van der Waals surface area contributed by atoms with Gasteiger partial charge in [-0.25, -0.2) is 0 Å². The molecular formula is C16H22N2O2. The van der Waals surface area contributed by atoms with Crippen molar-refractivity contribution < 1.29 is 9.15 Å². The molecule has 108 valence electrons. The minimum absolute atomic E-state index is 0.0169. The van der Waals surface area contributed by atoms with Gasteiger partial charge in [0.1, 0.15) is 11.5 Å². The molecule has 0 saturated carbocycles. The maximum Gasteiger partial charge on any atom is 0.122 e. The van der Waals surface area contributed by atoms with Gasteiger partial charge in [0.25, 0.3) is 0 Å². The molecule has 0 radical (unpaired) electrons. The fourth-order valence-corrected chi connectivity index (χ4v) is 2.49.